The molecule has 0 aliphatic rings. The summed E-state index contributed by atoms with van der Waals surface area (Å²) < 4.78 is 6.34. The lowest BCUT2D eigenvalue weighted by molar-refractivity contribution is -0.116. The van der Waals surface area contributed by atoms with Gasteiger partial charge in [-0.1, -0.05) is 25.1 Å². The quantitative estimate of drug-likeness (QED) is 0.740. The molecule has 0 heterocycles. The Morgan fingerprint density at radius 2 is 1.78 bits per heavy atom. The number of halogens is 1. The summed E-state index contributed by atoms with van der Waals surface area (Å²) in [7, 11) is 0. The maximum Gasteiger partial charge on any atom is 0.224 e. The lowest BCUT2D eigenvalue weighted by atomic mass is 10.1. The highest BCUT2D eigenvalue weighted by molar-refractivity contribution is 9.10. The van der Waals surface area contributed by atoms with Gasteiger partial charge in [-0.15, -0.1) is 0 Å². The van der Waals surface area contributed by atoms with E-state index < -0.39 is 0 Å². The van der Waals surface area contributed by atoms with Gasteiger partial charge >= 0.3 is 0 Å². The van der Waals surface area contributed by atoms with Crippen molar-refractivity contribution in [3.63, 3.8) is 0 Å². The predicted octanol–water partition coefficient (Wildman–Crippen LogP) is 4.98. The van der Waals surface area contributed by atoms with Crippen molar-refractivity contribution in [1.82, 2.24) is 0 Å². The predicted molar refractivity (Wildman–Crippen MR) is 98.1 cm³/mol. The Balaban J connectivity index is 1.87. The van der Waals surface area contributed by atoms with E-state index in [4.69, 9.17) is 4.74 Å². The van der Waals surface area contributed by atoms with Gasteiger partial charge in [0.2, 0.25) is 5.91 Å². The minimum atomic E-state index is 0.0174. The van der Waals surface area contributed by atoms with Crippen LogP contribution in [0.3, 0.4) is 0 Å². The van der Waals surface area contributed by atoms with Crippen LogP contribution < -0.4 is 10.1 Å². The summed E-state index contributed by atoms with van der Waals surface area (Å²) in [6.45, 7) is 4.73. The fraction of sp³-hybridized carbons (Fsp3) is 0.316. The lowest BCUT2D eigenvalue weighted by Crippen LogP contribution is -2.12. The Morgan fingerprint density at radius 1 is 1.09 bits per heavy atom. The second-order valence-electron chi connectivity index (χ2n) is 5.29. The van der Waals surface area contributed by atoms with E-state index in [0.29, 0.717) is 19.4 Å². The molecule has 0 aliphatic heterocycles. The highest BCUT2D eigenvalue weighted by Gasteiger charge is 2.07. The minimum Gasteiger partial charge on any atom is -0.494 e. The fourth-order valence-corrected chi connectivity index (χ4v) is 2.79. The van der Waals surface area contributed by atoms with Gasteiger partial charge in [0.15, 0.2) is 0 Å². The molecule has 1 amide bonds. The van der Waals surface area contributed by atoms with Crippen molar-refractivity contribution in [2.75, 3.05) is 11.9 Å². The number of aryl methyl sites for hydroxylation is 2. The molecule has 4 heteroatoms. The van der Waals surface area contributed by atoms with Gasteiger partial charge in [0.05, 0.1) is 12.3 Å². The van der Waals surface area contributed by atoms with Gasteiger partial charge in [0, 0.05) is 10.9 Å². The molecule has 2 aromatic rings. The van der Waals surface area contributed by atoms with Crippen molar-refractivity contribution in [2.45, 2.75) is 33.1 Å². The molecular formula is C19H22BrNO2. The van der Waals surface area contributed by atoms with Crippen LogP contribution >= 0.6 is 15.9 Å². The molecule has 0 unspecified atom stereocenters. The minimum absolute atomic E-state index is 0.0174. The van der Waals surface area contributed by atoms with Gasteiger partial charge in [-0.2, -0.15) is 0 Å². The highest BCUT2D eigenvalue weighted by atomic mass is 79.9. The van der Waals surface area contributed by atoms with Crippen LogP contribution in [0.1, 0.15) is 31.4 Å². The first-order valence-electron chi connectivity index (χ1n) is 7.92. The van der Waals surface area contributed by atoms with Crippen molar-refractivity contribution in [3.05, 3.63) is 58.1 Å². The van der Waals surface area contributed by atoms with Gasteiger partial charge in [0.25, 0.3) is 0 Å². The molecule has 0 atom stereocenters. The van der Waals surface area contributed by atoms with Crippen molar-refractivity contribution in [3.8, 4) is 5.75 Å². The summed E-state index contributed by atoms with van der Waals surface area (Å²) >= 11 is 3.51. The summed E-state index contributed by atoms with van der Waals surface area (Å²) in [4.78, 5) is 12.1. The normalized spacial score (nSPS) is 10.4. The number of carbonyl (C=O) groups is 1. The molecule has 3 nitrogen and oxygen atoms in total. The van der Waals surface area contributed by atoms with E-state index in [9.17, 15) is 4.79 Å². The van der Waals surface area contributed by atoms with E-state index in [1.165, 1.54) is 5.56 Å². The topological polar surface area (TPSA) is 38.3 Å². The lowest BCUT2D eigenvalue weighted by Gasteiger charge is -2.09. The largest absolute Gasteiger partial charge is 0.494 e. The summed E-state index contributed by atoms with van der Waals surface area (Å²) in [5, 5.41) is 2.95. The highest BCUT2D eigenvalue weighted by Crippen LogP contribution is 2.24. The number of amides is 1. The summed E-state index contributed by atoms with van der Waals surface area (Å²) in [6.07, 6.45) is 2.14. The van der Waals surface area contributed by atoms with E-state index in [2.05, 4.69) is 28.2 Å². The standard InChI is InChI=1S/C19H22BrNO2/c1-3-14-7-11-18(17(20)13-14)21-19(22)12-8-15-5-9-16(10-6-15)23-4-2/h5-7,9-11,13H,3-4,8,12H2,1-2H3,(H,21,22). The molecule has 0 saturated heterocycles. The van der Waals surface area contributed by atoms with Crippen LogP contribution in [0.4, 0.5) is 5.69 Å². The zero-order valence-corrected chi connectivity index (χ0v) is 15.2. The summed E-state index contributed by atoms with van der Waals surface area (Å²) in [5.74, 6) is 0.879. The number of ether oxygens (including phenoxy) is 1. The maximum atomic E-state index is 12.1. The number of hydrogen-bond acceptors (Lipinski definition) is 2. The first kappa shape index (κ1) is 17.5. The zero-order valence-electron chi connectivity index (χ0n) is 13.6. The van der Waals surface area contributed by atoms with Gasteiger partial charge in [0.1, 0.15) is 5.75 Å². The van der Waals surface area contributed by atoms with Crippen LogP contribution in [-0.2, 0) is 17.6 Å². The molecule has 0 aliphatic carbocycles. The Hall–Kier alpha value is -1.81. The molecule has 0 saturated carbocycles. The second-order valence-corrected chi connectivity index (χ2v) is 6.15. The van der Waals surface area contributed by atoms with Crippen LogP contribution in [0.15, 0.2) is 46.9 Å². The number of rotatable bonds is 7. The molecule has 122 valence electrons. The van der Waals surface area contributed by atoms with Gasteiger partial charge in [-0.25, -0.2) is 0 Å². The second kappa shape index (κ2) is 8.73. The van der Waals surface area contributed by atoms with E-state index in [1.807, 2.05) is 49.4 Å². The Labute approximate surface area is 146 Å². The van der Waals surface area contributed by atoms with Gasteiger partial charge in [-0.05, 0) is 71.1 Å². The molecular weight excluding hydrogens is 354 g/mol. The van der Waals surface area contributed by atoms with Crippen LogP contribution in [0.2, 0.25) is 0 Å². The molecule has 0 bridgehead atoms. The molecule has 0 aromatic heterocycles. The molecule has 0 spiro atoms. The molecule has 23 heavy (non-hydrogen) atoms. The van der Waals surface area contributed by atoms with Crippen LogP contribution in [-0.4, -0.2) is 12.5 Å². The Morgan fingerprint density at radius 3 is 2.39 bits per heavy atom. The number of anilines is 1. The van der Waals surface area contributed by atoms with E-state index in [-0.39, 0.29) is 5.91 Å². The van der Waals surface area contributed by atoms with Crippen molar-refractivity contribution < 1.29 is 9.53 Å². The smallest absolute Gasteiger partial charge is 0.224 e. The molecule has 2 rings (SSSR count). The summed E-state index contributed by atoms with van der Waals surface area (Å²) in [5.41, 5.74) is 3.19. The molecule has 0 radical (unpaired) electrons. The third-order valence-electron chi connectivity index (χ3n) is 3.59. The van der Waals surface area contributed by atoms with E-state index >= 15 is 0 Å². The number of carbonyl (C=O) groups excluding carboxylic acids is 1. The third-order valence-corrected chi connectivity index (χ3v) is 4.25. The van der Waals surface area contributed by atoms with E-state index in [0.717, 1.165) is 27.9 Å². The van der Waals surface area contributed by atoms with Crippen molar-refractivity contribution >= 4 is 27.5 Å². The zero-order chi connectivity index (χ0) is 16.7. The van der Waals surface area contributed by atoms with Gasteiger partial charge in [-0.3, -0.25) is 4.79 Å². The van der Waals surface area contributed by atoms with Crippen LogP contribution in [0, 0.1) is 0 Å². The van der Waals surface area contributed by atoms with Crippen LogP contribution in [0.5, 0.6) is 5.75 Å². The van der Waals surface area contributed by atoms with Gasteiger partial charge < -0.3 is 10.1 Å². The molecule has 0 fully saturated rings. The Kier molecular flexibility index (Phi) is 6.66. The molecule has 1 N–H and O–H groups in total. The van der Waals surface area contributed by atoms with Crippen molar-refractivity contribution in [2.24, 2.45) is 0 Å². The first-order chi connectivity index (χ1) is 11.1. The SMILES string of the molecule is CCOc1ccc(CCC(=O)Nc2ccc(CC)cc2Br)cc1. The number of benzene rings is 2. The number of hydrogen-bond donors (Lipinski definition) is 1. The number of nitrogens with one attached hydrogen (secondary N) is 1. The molecule has 2 aromatic carbocycles. The fourth-order valence-electron chi connectivity index (χ4n) is 2.27. The average Bonchev–Trinajstić information content (AvgIpc) is 2.56. The van der Waals surface area contributed by atoms with Crippen LogP contribution in [0.25, 0.3) is 0 Å². The monoisotopic (exact) mass is 375 g/mol. The first-order valence-corrected chi connectivity index (χ1v) is 8.71. The van der Waals surface area contributed by atoms with E-state index in [1.54, 1.807) is 0 Å². The van der Waals surface area contributed by atoms with Crippen molar-refractivity contribution in [1.29, 1.82) is 0 Å². The Bertz CT molecular complexity index is 653. The average molecular weight is 376 g/mol. The summed E-state index contributed by atoms with van der Waals surface area (Å²) in [6, 6.07) is 13.9. The maximum absolute atomic E-state index is 12.1. The third kappa shape index (κ3) is 5.39.